The summed E-state index contributed by atoms with van der Waals surface area (Å²) in [4.78, 5) is 10.6. The average Bonchev–Trinajstić information content (AvgIpc) is 2.07. The highest BCUT2D eigenvalue weighted by atomic mass is 16.1. The lowest BCUT2D eigenvalue weighted by atomic mass is 10.0. The smallest absolute Gasteiger partial charge is 0.218 e. The summed E-state index contributed by atoms with van der Waals surface area (Å²) in [5.41, 5.74) is 18.1. The molecule has 14 heavy (non-hydrogen) atoms. The number of hydrogen-bond donors (Lipinski definition) is 3. The van der Waals surface area contributed by atoms with Crippen LogP contribution in [-0.4, -0.2) is 11.9 Å². The number of benzene rings is 1. The fraction of sp³-hybridized carbons (Fsp3) is 0.300. The van der Waals surface area contributed by atoms with E-state index in [0.29, 0.717) is 6.42 Å². The fourth-order valence-electron chi connectivity index (χ4n) is 1.29. The molecule has 6 N–H and O–H groups in total. The standard InChI is InChI=1S/C10H15N3O/c11-8-3-1-7(2-4-8)5-9(12)6-10(13)14/h1-4,9H,5-6,11-12H2,(H2,13,14). The predicted molar refractivity (Wildman–Crippen MR) is 56.3 cm³/mol. The van der Waals surface area contributed by atoms with Gasteiger partial charge >= 0.3 is 0 Å². The van der Waals surface area contributed by atoms with E-state index in [4.69, 9.17) is 17.2 Å². The summed E-state index contributed by atoms with van der Waals surface area (Å²) in [6.45, 7) is 0. The lowest BCUT2D eigenvalue weighted by molar-refractivity contribution is -0.118. The van der Waals surface area contributed by atoms with Crippen molar-refractivity contribution in [1.29, 1.82) is 0 Å². The van der Waals surface area contributed by atoms with Gasteiger partial charge in [0.2, 0.25) is 5.91 Å². The summed E-state index contributed by atoms with van der Waals surface area (Å²) in [5.74, 6) is -0.368. The van der Waals surface area contributed by atoms with E-state index in [1.54, 1.807) is 0 Å². The van der Waals surface area contributed by atoms with Crippen LogP contribution in [0.15, 0.2) is 24.3 Å². The fourth-order valence-corrected chi connectivity index (χ4v) is 1.29. The van der Waals surface area contributed by atoms with Crippen LogP contribution < -0.4 is 17.2 Å². The number of nitrogen functional groups attached to an aromatic ring is 1. The summed E-state index contributed by atoms with van der Waals surface area (Å²) < 4.78 is 0. The predicted octanol–water partition coefficient (Wildman–Crippen LogP) is 0.0140. The molecule has 0 saturated heterocycles. The van der Waals surface area contributed by atoms with Gasteiger partial charge < -0.3 is 17.2 Å². The number of primary amides is 1. The molecule has 1 rings (SSSR count). The molecule has 4 heteroatoms. The van der Waals surface area contributed by atoms with E-state index in [2.05, 4.69) is 0 Å². The number of nitrogens with two attached hydrogens (primary N) is 3. The highest BCUT2D eigenvalue weighted by Gasteiger charge is 2.06. The summed E-state index contributed by atoms with van der Waals surface area (Å²) in [6.07, 6.45) is 0.855. The van der Waals surface area contributed by atoms with Crippen molar-refractivity contribution in [2.24, 2.45) is 11.5 Å². The molecule has 0 aromatic heterocycles. The molecule has 0 radical (unpaired) electrons. The van der Waals surface area contributed by atoms with E-state index in [0.717, 1.165) is 11.3 Å². The van der Waals surface area contributed by atoms with Gasteiger partial charge in [-0.2, -0.15) is 0 Å². The Morgan fingerprint density at radius 3 is 2.36 bits per heavy atom. The highest BCUT2D eigenvalue weighted by molar-refractivity contribution is 5.74. The van der Waals surface area contributed by atoms with Gasteiger partial charge in [0.05, 0.1) is 0 Å². The van der Waals surface area contributed by atoms with E-state index < -0.39 is 0 Å². The van der Waals surface area contributed by atoms with Crippen molar-refractivity contribution < 1.29 is 4.79 Å². The Hall–Kier alpha value is -1.55. The van der Waals surface area contributed by atoms with Crippen LogP contribution in [0, 0.1) is 0 Å². The van der Waals surface area contributed by atoms with Crippen LogP contribution in [0.4, 0.5) is 5.69 Å². The van der Waals surface area contributed by atoms with E-state index in [-0.39, 0.29) is 18.4 Å². The average molecular weight is 193 g/mol. The second-order valence-corrected chi connectivity index (χ2v) is 3.38. The largest absolute Gasteiger partial charge is 0.399 e. The van der Waals surface area contributed by atoms with E-state index in [1.165, 1.54) is 0 Å². The minimum atomic E-state index is -0.368. The molecule has 1 unspecified atom stereocenters. The SMILES string of the molecule is NC(=O)CC(N)Cc1ccc(N)cc1. The van der Waals surface area contributed by atoms with Crippen LogP contribution in [0.2, 0.25) is 0 Å². The molecule has 0 aliphatic heterocycles. The zero-order chi connectivity index (χ0) is 10.6. The van der Waals surface area contributed by atoms with Gasteiger partial charge in [-0.1, -0.05) is 12.1 Å². The maximum atomic E-state index is 10.6. The van der Waals surface area contributed by atoms with Gasteiger partial charge in [0, 0.05) is 18.2 Å². The van der Waals surface area contributed by atoms with Crippen molar-refractivity contribution in [1.82, 2.24) is 0 Å². The molecule has 0 spiro atoms. The zero-order valence-electron chi connectivity index (χ0n) is 7.94. The number of carbonyl (C=O) groups excluding carboxylic acids is 1. The molecular formula is C10H15N3O. The van der Waals surface area contributed by atoms with E-state index in [9.17, 15) is 4.79 Å². The minimum absolute atomic E-state index is 0.212. The van der Waals surface area contributed by atoms with Gasteiger partial charge in [0.1, 0.15) is 0 Å². The lowest BCUT2D eigenvalue weighted by Gasteiger charge is -2.09. The molecule has 0 aliphatic rings. The summed E-state index contributed by atoms with van der Waals surface area (Å²) in [7, 11) is 0. The van der Waals surface area contributed by atoms with Crippen molar-refractivity contribution in [3.8, 4) is 0 Å². The summed E-state index contributed by atoms with van der Waals surface area (Å²) >= 11 is 0. The molecular weight excluding hydrogens is 178 g/mol. The molecule has 1 aromatic carbocycles. The number of rotatable bonds is 4. The number of anilines is 1. The normalized spacial score (nSPS) is 12.4. The van der Waals surface area contributed by atoms with Crippen LogP contribution in [0.1, 0.15) is 12.0 Å². The second-order valence-electron chi connectivity index (χ2n) is 3.38. The Morgan fingerprint density at radius 2 is 1.86 bits per heavy atom. The van der Waals surface area contributed by atoms with Crippen molar-refractivity contribution >= 4 is 11.6 Å². The van der Waals surface area contributed by atoms with Crippen LogP contribution in [0.5, 0.6) is 0 Å². The summed E-state index contributed by atoms with van der Waals surface area (Å²) in [6, 6.07) is 7.21. The van der Waals surface area contributed by atoms with Crippen LogP contribution in [-0.2, 0) is 11.2 Å². The first-order valence-electron chi connectivity index (χ1n) is 4.46. The molecule has 1 aromatic rings. The van der Waals surface area contributed by atoms with Gasteiger partial charge in [-0.3, -0.25) is 4.79 Å². The number of amides is 1. The topological polar surface area (TPSA) is 95.1 Å². The Kier molecular flexibility index (Phi) is 3.48. The van der Waals surface area contributed by atoms with Gasteiger partial charge in [0.25, 0.3) is 0 Å². The molecule has 0 fully saturated rings. The zero-order valence-corrected chi connectivity index (χ0v) is 7.94. The van der Waals surface area contributed by atoms with Crippen molar-refractivity contribution in [2.75, 3.05) is 5.73 Å². The first-order valence-corrected chi connectivity index (χ1v) is 4.46. The molecule has 1 atom stereocenters. The molecule has 0 heterocycles. The Balaban J connectivity index is 2.51. The molecule has 0 saturated carbocycles. The first kappa shape index (κ1) is 10.5. The third-order valence-corrected chi connectivity index (χ3v) is 1.94. The van der Waals surface area contributed by atoms with Crippen LogP contribution >= 0.6 is 0 Å². The van der Waals surface area contributed by atoms with E-state index in [1.807, 2.05) is 24.3 Å². The maximum absolute atomic E-state index is 10.6. The third kappa shape index (κ3) is 3.45. The van der Waals surface area contributed by atoms with Crippen molar-refractivity contribution in [2.45, 2.75) is 18.9 Å². The number of hydrogen-bond acceptors (Lipinski definition) is 3. The first-order chi connectivity index (χ1) is 6.58. The summed E-state index contributed by atoms with van der Waals surface area (Å²) in [5, 5.41) is 0. The van der Waals surface area contributed by atoms with Gasteiger partial charge in [-0.15, -0.1) is 0 Å². The third-order valence-electron chi connectivity index (χ3n) is 1.94. The monoisotopic (exact) mass is 193 g/mol. The van der Waals surface area contributed by atoms with E-state index >= 15 is 0 Å². The van der Waals surface area contributed by atoms with Crippen molar-refractivity contribution in [3.05, 3.63) is 29.8 Å². The Morgan fingerprint density at radius 1 is 1.29 bits per heavy atom. The molecule has 76 valence electrons. The molecule has 4 nitrogen and oxygen atoms in total. The molecule has 0 bridgehead atoms. The maximum Gasteiger partial charge on any atom is 0.218 e. The van der Waals surface area contributed by atoms with Gasteiger partial charge in [-0.05, 0) is 24.1 Å². The molecule has 1 amide bonds. The van der Waals surface area contributed by atoms with Crippen LogP contribution in [0.25, 0.3) is 0 Å². The number of carbonyl (C=O) groups is 1. The lowest BCUT2D eigenvalue weighted by Crippen LogP contribution is -2.29. The molecule has 0 aliphatic carbocycles. The van der Waals surface area contributed by atoms with Gasteiger partial charge in [-0.25, -0.2) is 0 Å². The Bertz CT molecular complexity index is 308. The second kappa shape index (κ2) is 4.62. The van der Waals surface area contributed by atoms with Crippen LogP contribution in [0.3, 0.4) is 0 Å². The minimum Gasteiger partial charge on any atom is -0.399 e. The highest BCUT2D eigenvalue weighted by Crippen LogP contribution is 2.08. The van der Waals surface area contributed by atoms with Crippen molar-refractivity contribution in [3.63, 3.8) is 0 Å². The Labute approximate surface area is 83.1 Å². The van der Waals surface area contributed by atoms with Gasteiger partial charge in [0.15, 0.2) is 0 Å². The quantitative estimate of drug-likeness (QED) is 0.588.